The van der Waals surface area contributed by atoms with E-state index in [1.54, 1.807) is 26.2 Å². The highest BCUT2D eigenvalue weighted by molar-refractivity contribution is 8.13. The van der Waals surface area contributed by atoms with E-state index >= 15 is 0 Å². The van der Waals surface area contributed by atoms with Crippen molar-refractivity contribution in [3.05, 3.63) is 23.3 Å². The summed E-state index contributed by atoms with van der Waals surface area (Å²) in [7, 11) is 3.25. The summed E-state index contributed by atoms with van der Waals surface area (Å²) in [4.78, 5) is 0.169. The highest BCUT2D eigenvalue weighted by Crippen LogP contribution is 2.32. The molecule has 0 unspecified atom stereocenters. The maximum absolute atomic E-state index is 11.4. The van der Waals surface area contributed by atoms with Crippen molar-refractivity contribution in [2.45, 2.75) is 31.6 Å². The van der Waals surface area contributed by atoms with Gasteiger partial charge in [-0.1, -0.05) is 13.8 Å². The lowest BCUT2D eigenvalue weighted by Crippen LogP contribution is -2.02. The number of hydrogen-bond acceptors (Lipinski definition) is 3. The van der Waals surface area contributed by atoms with Gasteiger partial charge in [-0.25, -0.2) is 8.42 Å². The summed E-state index contributed by atoms with van der Waals surface area (Å²) in [5, 5.41) is 0. The van der Waals surface area contributed by atoms with Crippen LogP contribution in [0.4, 0.5) is 0 Å². The predicted octanol–water partition coefficient (Wildman–Crippen LogP) is 3.05. The minimum atomic E-state index is -3.71. The topological polar surface area (TPSA) is 43.4 Å². The van der Waals surface area contributed by atoms with E-state index < -0.39 is 9.05 Å². The molecule has 0 saturated carbocycles. The molecule has 0 heterocycles. The summed E-state index contributed by atoms with van der Waals surface area (Å²) in [6.45, 7) is 5.61. The molecule has 1 rings (SSSR count). The molecule has 5 heteroatoms. The van der Waals surface area contributed by atoms with Gasteiger partial charge in [0, 0.05) is 10.7 Å². The molecule has 0 bridgehead atoms. The van der Waals surface area contributed by atoms with Crippen molar-refractivity contribution < 1.29 is 13.2 Å². The zero-order chi connectivity index (χ0) is 12.5. The first kappa shape index (κ1) is 13.3. The van der Waals surface area contributed by atoms with E-state index in [0.717, 1.165) is 5.56 Å². The minimum Gasteiger partial charge on any atom is -0.496 e. The Bertz CT molecular complexity index is 492. The van der Waals surface area contributed by atoms with Crippen LogP contribution >= 0.6 is 10.7 Å². The van der Waals surface area contributed by atoms with Crippen LogP contribution in [0, 0.1) is 6.92 Å². The molecule has 0 saturated heterocycles. The number of rotatable bonds is 3. The standard InChI is InChI=1S/C11H15ClO3S/c1-7(2)9-6-10(15-4)8(3)5-11(9)16(12,13)14/h5-7H,1-4H3. The number of ether oxygens (including phenoxy) is 1. The van der Waals surface area contributed by atoms with Crippen LogP contribution in [0.1, 0.15) is 30.9 Å². The summed E-state index contributed by atoms with van der Waals surface area (Å²) in [6, 6.07) is 3.28. The fourth-order valence-corrected chi connectivity index (χ4v) is 2.85. The van der Waals surface area contributed by atoms with Gasteiger partial charge in [-0.15, -0.1) is 0 Å². The minimum absolute atomic E-state index is 0.0676. The van der Waals surface area contributed by atoms with Gasteiger partial charge >= 0.3 is 0 Å². The molecule has 0 spiro atoms. The maximum atomic E-state index is 11.4. The van der Waals surface area contributed by atoms with Crippen molar-refractivity contribution in [1.29, 1.82) is 0 Å². The molecule has 0 amide bonds. The molecule has 0 aliphatic carbocycles. The van der Waals surface area contributed by atoms with E-state index in [-0.39, 0.29) is 10.8 Å². The van der Waals surface area contributed by atoms with Crippen molar-refractivity contribution >= 4 is 19.7 Å². The van der Waals surface area contributed by atoms with Crippen molar-refractivity contribution in [3.8, 4) is 5.75 Å². The van der Waals surface area contributed by atoms with Crippen LogP contribution in [0.25, 0.3) is 0 Å². The molecule has 0 aromatic heterocycles. The lowest BCUT2D eigenvalue weighted by Gasteiger charge is -2.14. The van der Waals surface area contributed by atoms with Gasteiger partial charge in [0.25, 0.3) is 9.05 Å². The summed E-state index contributed by atoms with van der Waals surface area (Å²) >= 11 is 0. The molecule has 0 fully saturated rings. The van der Waals surface area contributed by atoms with Crippen LogP contribution in [-0.2, 0) is 9.05 Å². The van der Waals surface area contributed by atoms with E-state index in [2.05, 4.69) is 0 Å². The molecule has 1 aromatic carbocycles. The molecule has 0 aliphatic rings. The molecular formula is C11H15ClO3S. The molecular weight excluding hydrogens is 248 g/mol. The van der Waals surface area contributed by atoms with Crippen LogP contribution < -0.4 is 4.74 Å². The van der Waals surface area contributed by atoms with Crippen LogP contribution in [-0.4, -0.2) is 15.5 Å². The van der Waals surface area contributed by atoms with E-state index in [9.17, 15) is 8.42 Å². The van der Waals surface area contributed by atoms with Gasteiger partial charge in [0.15, 0.2) is 0 Å². The quantitative estimate of drug-likeness (QED) is 0.787. The third-order valence-electron chi connectivity index (χ3n) is 2.41. The van der Waals surface area contributed by atoms with E-state index in [4.69, 9.17) is 15.4 Å². The second-order valence-electron chi connectivity index (χ2n) is 3.95. The molecule has 0 radical (unpaired) electrons. The number of halogens is 1. The van der Waals surface area contributed by atoms with Crippen molar-refractivity contribution in [2.75, 3.05) is 7.11 Å². The Balaban J connectivity index is 3.55. The highest BCUT2D eigenvalue weighted by Gasteiger charge is 2.19. The van der Waals surface area contributed by atoms with E-state index in [0.29, 0.717) is 11.3 Å². The Labute approximate surface area is 101 Å². The molecule has 16 heavy (non-hydrogen) atoms. The molecule has 1 aromatic rings. The molecule has 0 aliphatic heterocycles. The van der Waals surface area contributed by atoms with Crippen LogP contribution in [0.3, 0.4) is 0 Å². The van der Waals surface area contributed by atoms with E-state index in [1.165, 1.54) is 0 Å². The Morgan fingerprint density at radius 3 is 2.25 bits per heavy atom. The Hall–Kier alpha value is -0.740. The summed E-state index contributed by atoms with van der Waals surface area (Å²) in [6.07, 6.45) is 0. The maximum Gasteiger partial charge on any atom is 0.261 e. The smallest absolute Gasteiger partial charge is 0.261 e. The lowest BCUT2D eigenvalue weighted by atomic mass is 10.0. The fourth-order valence-electron chi connectivity index (χ4n) is 1.56. The Morgan fingerprint density at radius 2 is 1.88 bits per heavy atom. The molecule has 0 atom stereocenters. The van der Waals surface area contributed by atoms with Gasteiger partial charge in [-0.05, 0) is 36.1 Å². The van der Waals surface area contributed by atoms with Gasteiger partial charge in [0.1, 0.15) is 5.75 Å². The van der Waals surface area contributed by atoms with Crippen molar-refractivity contribution in [1.82, 2.24) is 0 Å². The third kappa shape index (κ3) is 2.68. The van der Waals surface area contributed by atoms with Crippen molar-refractivity contribution in [3.63, 3.8) is 0 Å². The molecule has 3 nitrogen and oxygen atoms in total. The highest BCUT2D eigenvalue weighted by atomic mass is 35.7. The first-order valence-electron chi connectivity index (χ1n) is 4.90. The van der Waals surface area contributed by atoms with Crippen LogP contribution in [0.15, 0.2) is 17.0 Å². The summed E-state index contributed by atoms with van der Waals surface area (Å²) in [5.41, 5.74) is 1.43. The predicted molar refractivity (Wildman–Crippen MR) is 64.9 cm³/mol. The normalized spacial score (nSPS) is 11.9. The Kier molecular flexibility index (Phi) is 3.86. The first-order valence-corrected chi connectivity index (χ1v) is 7.21. The monoisotopic (exact) mass is 262 g/mol. The second kappa shape index (κ2) is 4.63. The number of methoxy groups -OCH3 is 1. The molecule has 0 N–H and O–H groups in total. The van der Waals surface area contributed by atoms with Crippen LogP contribution in [0.5, 0.6) is 5.75 Å². The number of aryl methyl sites for hydroxylation is 1. The average molecular weight is 263 g/mol. The van der Waals surface area contributed by atoms with Gasteiger partial charge in [-0.2, -0.15) is 0 Å². The number of benzene rings is 1. The van der Waals surface area contributed by atoms with Gasteiger partial charge < -0.3 is 4.74 Å². The zero-order valence-corrected chi connectivity index (χ0v) is 11.3. The SMILES string of the molecule is COc1cc(C(C)C)c(S(=O)(=O)Cl)cc1C. The first-order chi connectivity index (χ1) is 7.27. The zero-order valence-electron chi connectivity index (χ0n) is 9.74. The van der Waals surface area contributed by atoms with Crippen molar-refractivity contribution in [2.24, 2.45) is 0 Å². The Morgan fingerprint density at radius 1 is 1.31 bits per heavy atom. The third-order valence-corrected chi connectivity index (χ3v) is 3.79. The second-order valence-corrected chi connectivity index (χ2v) is 6.49. The van der Waals surface area contributed by atoms with Gasteiger partial charge in [0.2, 0.25) is 0 Å². The summed E-state index contributed by atoms with van der Waals surface area (Å²) in [5.74, 6) is 0.741. The fraction of sp³-hybridized carbons (Fsp3) is 0.455. The number of hydrogen-bond donors (Lipinski definition) is 0. The largest absolute Gasteiger partial charge is 0.496 e. The summed E-state index contributed by atoms with van der Waals surface area (Å²) < 4.78 is 28.0. The van der Waals surface area contributed by atoms with Gasteiger partial charge in [0.05, 0.1) is 12.0 Å². The van der Waals surface area contributed by atoms with Crippen LogP contribution in [0.2, 0.25) is 0 Å². The molecule has 90 valence electrons. The lowest BCUT2D eigenvalue weighted by molar-refractivity contribution is 0.410. The van der Waals surface area contributed by atoms with Gasteiger partial charge in [-0.3, -0.25) is 0 Å². The van der Waals surface area contributed by atoms with E-state index in [1.807, 2.05) is 13.8 Å². The average Bonchev–Trinajstić information content (AvgIpc) is 2.15.